The molecule has 0 aromatic heterocycles. The van der Waals surface area contributed by atoms with Crippen molar-refractivity contribution in [3.8, 4) is 5.75 Å². The summed E-state index contributed by atoms with van der Waals surface area (Å²) in [6.45, 7) is 5.56. The van der Waals surface area contributed by atoms with Crippen molar-refractivity contribution in [3.05, 3.63) is 57.8 Å². The Bertz CT molecular complexity index is 617. The Labute approximate surface area is 141 Å². The van der Waals surface area contributed by atoms with E-state index in [9.17, 15) is 13.2 Å². The number of hydrogen-bond donors (Lipinski definition) is 0. The number of allylic oxidation sites excluding steroid dienone is 3. The highest BCUT2D eigenvalue weighted by Gasteiger charge is 2.28. The van der Waals surface area contributed by atoms with E-state index in [2.05, 4.69) is 34.1 Å². The van der Waals surface area contributed by atoms with Crippen molar-refractivity contribution in [2.45, 2.75) is 13.1 Å². The van der Waals surface area contributed by atoms with Crippen molar-refractivity contribution < 1.29 is 17.9 Å². The number of halogens is 4. The van der Waals surface area contributed by atoms with Gasteiger partial charge in [0.15, 0.2) is 6.61 Å². The van der Waals surface area contributed by atoms with Gasteiger partial charge in [0.05, 0.1) is 0 Å². The quantitative estimate of drug-likeness (QED) is 0.625. The predicted molar refractivity (Wildman–Crippen MR) is 89.6 cm³/mol. The van der Waals surface area contributed by atoms with Crippen molar-refractivity contribution >= 4 is 28.3 Å². The molecule has 0 saturated carbocycles. The molecule has 118 valence electrons. The molecule has 1 aromatic rings. The molecule has 1 aliphatic rings. The van der Waals surface area contributed by atoms with Gasteiger partial charge in [0.2, 0.25) is 0 Å². The molecule has 0 aliphatic carbocycles. The Morgan fingerprint density at radius 1 is 1.18 bits per heavy atom. The summed E-state index contributed by atoms with van der Waals surface area (Å²) in [5, 5.41) is 0. The van der Waals surface area contributed by atoms with Gasteiger partial charge in [-0.15, -0.1) is 0 Å². The molecule has 22 heavy (non-hydrogen) atoms. The van der Waals surface area contributed by atoms with Gasteiger partial charge in [0, 0.05) is 21.5 Å². The van der Waals surface area contributed by atoms with Gasteiger partial charge in [-0.25, -0.2) is 0 Å². The van der Waals surface area contributed by atoms with Gasteiger partial charge < -0.3 is 9.64 Å². The summed E-state index contributed by atoms with van der Waals surface area (Å²) in [4.78, 5) is 2.06. The van der Waals surface area contributed by atoms with E-state index < -0.39 is 12.8 Å². The minimum atomic E-state index is -4.33. The zero-order valence-corrected chi connectivity index (χ0v) is 14.1. The van der Waals surface area contributed by atoms with E-state index in [1.165, 1.54) is 0 Å². The molecule has 0 amide bonds. The summed E-state index contributed by atoms with van der Waals surface area (Å²) >= 11 is 2.22. The number of benzene rings is 1. The van der Waals surface area contributed by atoms with E-state index in [1.807, 2.05) is 19.1 Å². The lowest BCUT2D eigenvalue weighted by Crippen LogP contribution is -2.22. The normalized spacial score (nSPS) is 15.5. The SMILES string of the molecule is C=C1C(I)=CC=C(c2ccc(OCC(F)(F)F)cc2)N1CC. The molecule has 0 spiro atoms. The third kappa shape index (κ3) is 4.06. The van der Waals surface area contributed by atoms with Crippen LogP contribution >= 0.6 is 22.6 Å². The number of hydrogen-bond acceptors (Lipinski definition) is 2. The minimum absolute atomic E-state index is 0.199. The molecule has 0 unspecified atom stereocenters. The summed E-state index contributed by atoms with van der Waals surface area (Å²) < 4.78 is 42.2. The number of ether oxygens (including phenoxy) is 1. The second-order valence-electron chi connectivity index (χ2n) is 4.69. The van der Waals surface area contributed by atoms with Gasteiger partial charge in [-0.2, -0.15) is 13.2 Å². The third-order valence-electron chi connectivity index (χ3n) is 3.15. The number of alkyl halides is 3. The maximum absolute atomic E-state index is 12.1. The molecule has 0 radical (unpaired) electrons. The molecule has 0 atom stereocenters. The van der Waals surface area contributed by atoms with Gasteiger partial charge in [-0.1, -0.05) is 6.58 Å². The molecular weight excluding hydrogens is 406 g/mol. The highest BCUT2D eigenvalue weighted by Crippen LogP contribution is 2.33. The standard InChI is InChI=1S/C16H15F3INO/c1-3-21-11(2)14(20)8-9-15(21)12-4-6-13(7-5-12)22-10-16(17,18)19/h4-9H,2-3,10H2,1H3. The number of likely N-dealkylation sites (N-methyl/N-ethyl adjacent to an activating group) is 1. The average molecular weight is 421 g/mol. The lowest BCUT2D eigenvalue weighted by molar-refractivity contribution is -0.153. The Morgan fingerprint density at radius 3 is 2.36 bits per heavy atom. The topological polar surface area (TPSA) is 12.5 Å². The average Bonchev–Trinajstić information content (AvgIpc) is 2.47. The zero-order chi connectivity index (χ0) is 16.3. The monoisotopic (exact) mass is 421 g/mol. The Hall–Kier alpha value is -1.44. The van der Waals surface area contributed by atoms with Crippen LogP contribution in [0.2, 0.25) is 0 Å². The van der Waals surface area contributed by atoms with Crippen LogP contribution in [-0.4, -0.2) is 24.2 Å². The van der Waals surface area contributed by atoms with Crippen LogP contribution in [-0.2, 0) is 0 Å². The fraction of sp³-hybridized carbons (Fsp3) is 0.250. The van der Waals surface area contributed by atoms with Gasteiger partial charge in [-0.05, 0) is 71.5 Å². The van der Waals surface area contributed by atoms with E-state index in [0.29, 0.717) is 0 Å². The highest BCUT2D eigenvalue weighted by atomic mass is 127. The largest absolute Gasteiger partial charge is 0.484 e. The van der Waals surface area contributed by atoms with E-state index in [1.54, 1.807) is 24.3 Å². The zero-order valence-electron chi connectivity index (χ0n) is 12.0. The summed E-state index contributed by atoms with van der Waals surface area (Å²) in [5.41, 5.74) is 2.79. The smallest absolute Gasteiger partial charge is 0.422 e. The van der Waals surface area contributed by atoms with Crippen LogP contribution in [0, 0.1) is 0 Å². The Morgan fingerprint density at radius 2 is 1.82 bits per heavy atom. The van der Waals surface area contributed by atoms with Gasteiger partial charge in [-0.3, -0.25) is 0 Å². The maximum atomic E-state index is 12.1. The van der Waals surface area contributed by atoms with Gasteiger partial charge in [0.25, 0.3) is 0 Å². The third-order valence-corrected chi connectivity index (χ3v) is 4.13. The molecule has 1 heterocycles. The molecule has 1 aliphatic heterocycles. The summed E-state index contributed by atoms with van der Waals surface area (Å²) in [5.74, 6) is 0.199. The van der Waals surface area contributed by atoms with Crippen LogP contribution in [0.5, 0.6) is 5.75 Å². The van der Waals surface area contributed by atoms with E-state index in [4.69, 9.17) is 4.74 Å². The highest BCUT2D eigenvalue weighted by molar-refractivity contribution is 14.1. The molecule has 0 fully saturated rings. The number of rotatable bonds is 4. The molecule has 0 saturated heterocycles. The summed E-state index contributed by atoms with van der Waals surface area (Å²) in [6.07, 6.45) is -0.382. The van der Waals surface area contributed by atoms with E-state index in [0.717, 1.165) is 27.1 Å². The first-order chi connectivity index (χ1) is 10.3. The van der Waals surface area contributed by atoms with Crippen LogP contribution in [0.25, 0.3) is 5.70 Å². The van der Waals surface area contributed by atoms with Crippen molar-refractivity contribution in [1.29, 1.82) is 0 Å². The lowest BCUT2D eigenvalue weighted by atomic mass is 10.1. The number of nitrogens with zero attached hydrogens (tertiary/aromatic N) is 1. The second-order valence-corrected chi connectivity index (χ2v) is 5.85. The van der Waals surface area contributed by atoms with Gasteiger partial charge >= 0.3 is 6.18 Å². The molecule has 2 rings (SSSR count). The molecule has 1 aromatic carbocycles. The van der Waals surface area contributed by atoms with Crippen LogP contribution in [0.3, 0.4) is 0 Å². The van der Waals surface area contributed by atoms with Crippen LogP contribution < -0.4 is 4.74 Å². The molecule has 0 bridgehead atoms. The van der Waals surface area contributed by atoms with E-state index in [-0.39, 0.29) is 5.75 Å². The Kier molecular flexibility index (Phi) is 5.20. The summed E-state index contributed by atoms with van der Waals surface area (Å²) in [6, 6.07) is 6.59. The fourth-order valence-electron chi connectivity index (χ4n) is 2.11. The maximum Gasteiger partial charge on any atom is 0.422 e. The first kappa shape index (κ1) is 16.9. The predicted octanol–water partition coefficient (Wildman–Crippen LogP) is 5.14. The first-order valence-electron chi connectivity index (χ1n) is 6.66. The van der Waals surface area contributed by atoms with Crippen LogP contribution in [0.1, 0.15) is 12.5 Å². The van der Waals surface area contributed by atoms with Crippen molar-refractivity contribution in [2.24, 2.45) is 0 Å². The van der Waals surface area contributed by atoms with Gasteiger partial charge in [0.1, 0.15) is 5.75 Å². The van der Waals surface area contributed by atoms with Crippen molar-refractivity contribution in [1.82, 2.24) is 4.90 Å². The second kappa shape index (κ2) is 6.76. The molecule has 2 nitrogen and oxygen atoms in total. The first-order valence-corrected chi connectivity index (χ1v) is 7.74. The van der Waals surface area contributed by atoms with Crippen molar-refractivity contribution in [2.75, 3.05) is 13.2 Å². The fourth-order valence-corrected chi connectivity index (χ4v) is 2.58. The van der Waals surface area contributed by atoms with Crippen LogP contribution in [0.15, 0.2) is 52.3 Å². The molecule has 6 heteroatoms. The van der Waals surface area contributed by atoms with Crippen molar-refractivity contribution in [3.63, 3.8) is 0 Å². The summed E-state index contributed by atoms with van der Waals surface area (Å²) in [7, 11) is 0. The van der Waals surface area contributed by atoms with E-state index >= 15 is 0 Å². The minimum Gasteiger partial charge on any atom is -0.484 e. The molecule has 0 N–H and O–H groups in total. The molecular formula is C16H15F3INO. The lowest BCUT2D eigenvalue weighted by Gasteiger charge is -2.30. The Balaban J connectivity index is 2.18. The van der Waals surface area contributed by atoms with Crippen LogP contribution in [0.4, 0.5) is 13.2 Å².